The summed E-state index contributed by atoms with van der Waals surface area (Å²) >= 11 is 3.38. The lowest BCUT2D eigenvalue weighted by Crippen LogP contribution is -2.11. The van der Waals surface area contributed by atoms with E-state index in [0.717, 1.165) is 23.7 Å². The van der Waals surface area contributed by atoms with Crippen LogP contribution in [0.1, 0.15) is 46.5 Å². The molecule has 1 heterocycles. The van der Waals surface area contributed by atoms with Gasteiger partial charge in [0.1, 0.15) is 6.61 Å². The molecule has 0 aromatic heterocycles. The molecular weight excluding hydrogens is 320 g/mol. The number of hydrogen-bond acceptors (Lipinski definition) is 4. The predicted octanol–water partition coefficient (Wildman–Crippen LogP) is 4.56. The van der Waals surface area contributed by atoms with E-state index in [2.05, 4.69) is 45.2 Å². The van der Waals surface area contributed by atoms with Crippen molar-refractivity contribution in [2.24, 2.45) is 10.2 Å². The van der Waals surface area contributed by atoms with Crippen LogP contribution >= 0.6 is 15.9 Å². The highest BCUT2D eigenvalue weighted by Gasteiger charge is 2.34. The maximum absolute atomic E-state index is 11.5. The maximum Gasteiger partial charge on any atom is 0.306 e. The van der Waals surface area contributed by atoms with Crippen LogP contribution < -0.4 is 0 Å². The summed E-state index contributed by atoms with van der Waals surface area (Å²) in [6, 6.07) is 0. The maximum atomic E-state index is 11.5. The van der Waals surface area contributed by atoms with Crippen molar-refractivity contribution in [3.63, 3.8) is 0 Å². The van der Waals surface area contributed by atoms with Crippen LogP contribution in [0.25, 0.3) is 0 Å². The third-order valence-electron chi connectivity index (χ3n) is 3.16. The molecule has 0 fully saturated rings. The topological polar surface area (TPSA) is 51.0 Å². The number of rotatable bonds is 9. The zero-order chi connectivity index (χ0) is 15.0. The summed E-state index contributed by atoms with van der Waals surface area (Å²) in [7, 11) is 0. The van der Waals surface area contributed by atoms with E-state index in [9.17, 15) is 4.79 Å². The molecule has 0 atom stereocenters. The molecule has 4 nitrogen and oxygen atoms in total. The Labute approximate surface area is 129 Å². The normalized spacial score (nSPS) is 17.2. The van der Waals surface area contributed by atoms with Crippen LogP contribution in [-0.4, -0.2) is 23.6 Å². The first-order valence-electron chi connectivity index (χ1n) is 6.92. The van der Waals surface area contributed by atoms with E-state index in [1.165, 1.54) is 5.57 Å². The number of halogens is 1. The Bertz CT molecular complexity index is 422. The summed E-state index contributed by atoms with van der Waals surface area (Å²) in [4.78, 5) is 11.5. The van der Waals surface area contributed by atoms with Gasteiger partial charge in [-0.2, -0.15) is 10.2 Å². The minimum atomic E-state index is -0.316. The summed E-state index contributed by atoms with van der Waals surface area (Å²) < 4.78 is 5.22. The van der Waals surface area contributed by atoms with Gasteiger partial charge in [-0.15, -0.1) is 0 Å². The Morgan fingerprint density at radius 1 is 1.20 bits per heavy atom. The number of nitrogens with zero attached hydrogens (tertiary/aromatic N) is 2. The predicted molar refractivity (Wildman–Crippen MR) is 84.0 cm³/mol. The van der Waals surface area contributed by atoms with Gasteiger partial charge < -0.3 is 4.74 Å². The van der Waals surface area contributed by atoms with Crippen LogP contribution in [0, 0.1) is 0 Å². The largest absolute Gasteiger partial charge is 0.461 e. The van der Waals surface area contributed by atoms with Crippen molar-refractivity contribution < 1.29 is 9.53 Å². The summed E-state index contributed by atoms with van der Waals surface area (Å²) in [6.45, 7) is 6.40. The minimum absolute atomic E-state index is 0.174. The van der Waals surface area contributed by atoms with Gasteiger partial charge in [-0.05, 0) is 39.2 Å². The number of allylic oxidation sites excluding steroid dienone is 3. The fourth-order valence-electron chi connectivity index (χ4n) is 1.63. The van der Waals surface area contributed by atoms with E-state index < -0.39 is 0 Å². The molecular formula is C15H23BrN2O2. The van der Waals surface area contributed by atoms with E-state index in [0.29, 0.717) is 19.4 Å². The Morgan fingerprint density at radius 2 is 1.90 bits per heavy atom. The molecule has 0 radical (unpaired) electrons. The summed E-state index contributed by atoms with van der Waals surface area (Å²) in [6.07, 6.45) is 7.34. The molecule has 1 aliphatic heterocycles. The van der Waals surface area contributed by atoms with Crippen LogP contribution in [0.4, 0.5) is 0 Å². The molecule has 0 spiro atoms. The first kappa shape index (κ1) is 17.1. The second-order valence-electron chi connectivity index (χ2n) is 5.37. The minimum Gasteiger partial charge on any atom is -0.461 e. The molecule has 20 heavy (non-hydrogen) atoms. The first-order valence-corrected chi connectivity index (χ1v) is 8.04. The lowest BCUT2D eigenvalue weighted by Gasteiger charge is -2.06. The fraction of sp³-hybridized carbons (Fsp3) is 0.667. The highest BCUT2D eigenvalue weighted by atomic mass is 79.9. The third kappa shape index (κ3) is 7.58. The molecule has 0 amide bonds. The van der Waals surface area contributed by atoms with Gasteiger partial charge in [0.2, 0.25) is 0 Å². The monoisotopic (exact) mass is 342 g/mol. The third-order valence-corrected chi connectivity index (χ3v) is 3.49. The lowest BCUT2D eigenvalue weighted by atomic mass is 10.1. The molecule has 0 aromatic carbocycles. The van der Waals surface area contributed by atoms with Gasteiger partial charge in [0.05, 0.1) is 0 Å². The standard InChI is InChI=1S/C15H23BrN2O2/c1-12(8-10-16)5-4-6-13(2)11-20-14(19)7-9-15(3)17-18-15/h6,8H,4-5,7,9-11H2,1-3H3/b12-8+,13-6+. The van der Waals surface area contributed by atoms with Gasteiger partial charge in [0, 0.05) is 18.2 Å². The summed E-state index contributed by atoms with van der Waals surface area (Å²) in [5, 5.41) is 8.64. The van der Waals surface area contributed by atoms with Crippen LogP contribution in [0.15, 0.2) is 33.5 Å². The smallest absolute Gasteiger partial charge is 0.306 e. The molecule has 1 aliphatic rings. The molecule has 0 aliphatic carbocycles. The second kappa shape index (κ2) is 8.35. The molecule has 0 bridgehead atoms. The highest BCUT2D eigenvalue weighted by molar-refractivity contribution is 9.09. The van der Waals surface area contributed by atoms with Crippen molar-refractivity contribution in [2.75, 3.05) is 11.9 Å². The van der Waals surface area contributed by atoms with Crippen molar-refractivity contribution in [3.8, 4) is 0 Å². The highest BCUT2D eigenvalue weighted by Crippen LogP contribution is 2.31. The number of alkyl halides is 1. The van der Waals surface area contributed by atoms with Gasteiger partial charge in [0.15, 0.2) is 5.66 Å². The Kier molecular flexibility index (Phi) is 7.13. The van der Waals surface area contributed by atoms with Crippen molar-refractivity contribution in [1.82, 2.24) is 0 Å². The van der Waals surface area contributed by atoms with Crippen LogP contribution in [-0.2, 0) is 9.53 Å². The van der Waals surface area contributed by atoms with Gasteiger partial charge in [-0.25, -0.2) is 0 Å². The fourth-order valence-corrected chi connectivity index (χ4v) is 2.18. The molecule has 1 rings (SSSR count). The molecule has 0 unspecified atom stereocenters. The zero-order valence-electron chi connectivity index (χ0n) is 12.5. The number of carbonyl (C=O) groups excluding carboxylic acids is 1. The average molecular weight is 343 g/mol. The number of hydrogen-bond donors (Lipinski definition) is 0. The van der Waals surface area contributed by atoms with Crippen molar-refractivity contribution >= 4 is 21.9 Å². The first-order chi connectivity index (χ1) is 9.45. The molecule has 0 N–H and O–H groups in total. The molecule has 0 aromatic rings. The van der Waals surface area contributed by atoms with Gasteiger partial charge >= 0.3 is 5.97 Å². The van der Waals surface area contributed by atoms with Crippen molar-refractivity contribution in [3.05, 3.63) is 23.3 Å². The van der Waals surface area contributed by atoms with Gasteiger partial charge in [0.25, 0.3) is 0 Å². The van der Waals surface area contributed by atoms with Crippen LogP contribution in [0.5, 0.6) is 0 Å². The van der Waals surface area contributed by atoms with Gasteiger partial charge in [-0.3, -0.25) is 4.79 Å². The van der Waals surface area contributed by atoms with Crippen LogP contribution in [0.2, 0.25) is 0 Å². The SMILES string of the molecule is C/C(=C\CBr)CC/C=C(\C)COC(=O)CCC1(C)N=N1. The zero-order valence-corrected chi connectivity index (χ0v) is 14.1. The van der Waals surface area contributed by atoms with E-state index >= 15 is 0 Å². The average Bonchev–Trinajstić information content (AvgIpc) is 3.13. The van der Waals surface area contributed by atoms with E-state index in [1.807, 2.05) is 13.8 Å². The number of esters is 1. The number of carbonyl (C=O) groups is 1. The van der Waals surface area contributed by atoms with Crippen molar-refractivity contribution in [1.29, 1.82) is 0 Å². The van der Waals surface area contributed by atoms with E-state index in [1.54, 1.807) is 0 Å². The second-order valence-corrected chi connectivity index (χ2v) is 6.02. The molecule has 5 heteroatoms. The van der Waals surface area contributed by atoms with Gasteiger partial charge in [-0.1, -0.05) is 33.7 Å². The molecule has 112 valence electrons. The Hall–Kier alpha value is -0.970. The quantitative estimate of drug-likeness (QED) is 0.350. The lowest BCUT2D eigenvalue weighted by molar-refractivity contribution is -0.142. The number of ether oxygens (including phenoxy) is 1. The molecule has 0 saturated heterocycles. The Balaban J connectivity index is 2.13. The summed E-state index contributed by atoms with van der Waals surface area (Å²) in [5.41, 5.74) is 2.15. The van der Waals surface area contributed by atoms with E-state index in [4.69, 9.17) is 4.74 Å². The summed E-state index contributed by atoms with van der Waals surface area (Å²) in [5.74, 6) is -0.174. The van der Waals surface area contributed by atoms with Crippen LogP contribution in [0.3, 0.4) is 0 Å². The Morgan fingerprint density at radius 3 is 2.50 bits per heavy atom. The van der Waals surface area contributed by atoms with E-state index in [-0.39, 0.29) is 11.6 Å². The molecule has 0 saturated carbocycles. The van der Waals surface area contributed by atoms with Crippen molar-refractivity contribution in [2.45, 2.75) is 52.1 Å².